The van der Waals surface area contributed by atoms with Crippen molar-refractivity contribution in [3.63, 3.8) is 0 Å². The van der Waals surface area contributed by atoms with Gasteiger partial charge in [0.15, 0.2) is 5.76 Å². The molecule has 1 aromatic rings. The van der Waals surface area contributed by atoms with Crippen molar-refractivity contribution in [2.45, 2.75) is 39.8 Å². The lowest BCUT2D eigenvalue weighted by atomic mass is 10.2. The number of nitrogens with one attached hydrogen (secondary N) is 1. The van der Waals surface area contributed by atoms with E-state index in [4.69, 9.17) is 10.3 Å². The van der Waals surface area contributed by atoms with Crippen molar-refractivity contribution < 1.29 is 9.21 Å². The zero-order valence-corrected chi connectivity index (χ0v) is 10.7. The molecule has 0 radical (unpaired) electrons. The number of hydrazine groups is 1. The molecule has 0 fully saturated rings. The van der Waals surface area contributed by atoms with E-state index in [0.717, 1.165) is 18.7 Å². The van der Waals surface area contributed by atoms with Gasteiger partial charge in [0.2, 0.25) is 0 Å². The van der Waals surface area contributed by atoms with Crippen LogP contribution in [0.5, 0.6) is 0 Å². The molecule has 1 aromatic heterocycles. The van der Waals surface area contributed by atoms with Crippen LogP contribution in [0.2, 0.25) is 0 Å². The van der Waals surface area contributed by atoms with Crippen molar-refractivity contribution in [3.05, 3.63) is 23.7 Å². The number of nitrogen functional groups attached to an aromatic ring is 1. The highest BCUT2D eigenvalue weighted by molar-refractivity contribution is 5.90. The van der Waals surface area contributed by atoms with Gasteiger partial charge in [-0.15, -0.1) is 0 Å². The minimum absolute atomic E-state index is 0.253. The van der Waals surface area contributed by atoms with Gasteiger partial charge >= 0.3 is 5.91 Å². The standard InChI is InChI=1S/C12H21N3O2/c1-4-9(3)15(5-2)8-10-6-7-11(17-10)12(16)14-13/h6-7,9H,4-5,8,13H2,1-3H3,(H,14,16). The number of nitrogens with two attached hydrogens (primary N) is 1. The van der Waals surface area contributed by atoms with E-state index in [2.05, 4.69) is 25.7 Å². The largest absolute Gasteiger partial charge is 0.455 e. The molecule has 0 aliphatic rings. The fourth-order valence-corrected chi connectivity index (χ4v) is 1.69. The first-order chi connectivity index (χ1) is 8.12. The average Bonchev–Trinajstić information content (AvgIpc) is 2.82. The van der Waals surface area contributed by atoms with Gasteiger partial charge in [0.25, 0.3) is 0 Å². The van der Waals surface area contributed by atoms with Crippen LogP contribution in [-0.4, -0.2) is 23.4 Å². The molecule has 5 heteroatoms. The Morgan fingerprint density at radius 3 is 2.76 bits per heavy atom. The summed E-state index contributed by atoms with van der Waals surface area (Å²) >= 11 is 0. The van der Waals surface area contributed by atoms with Crippen LogP contribution in [0.15, 0.2) is 16.5 Å². The van der Waals surface area contributed by atoms with Gasteiger partial charge in [-0.05, 0) is 32.0 Å². The van der Waals surface area contributed by atoms with Gasteiger partial charge in [-0.2, -0.15) is 0 Å². The van der Waals surface area contributed by atoms with E-state index >= 15 is 0 Å². The lowest BCUT2D eigenvalue weighted by Crippen LogP contribution is -2.31. The lowest BCUT2D eigenvalue weighted by Gasteiger charge is -2.25. The van der Waals surface area contributed by atoms with Crippen LogP contribution in [0, 0.1) is 0 Å². The maximum Gasteiger partial charge on any atom is 0.300 e. The molecule has 3 N–H and O–H groups in total. The van der Waals surface area contributed by atoms with E-state index in [9.17, 15) is 4.79 Å². The Morgan fingerprint density at radius 1 is 1.53 bits per heavy atom. The first-order valence-corrected chi connectivity index (χ1v) is 5.96. The normalized spacial score (nSPS) is 12.8. The summed E-state index contributed by atoms with van der Waals surface area (Å²) in [5.41, 5.74) is 2.05. The van der Waals surface area contributed by atoms with Crippen LogP contribution in [0.1, 0.15) is 43.5 Å². The van der Waals surface area contributed by atoms with Crippen LogP contribution in [0.3, 0.4) is 0 Å². The van der Waals surface area contributed by atoms with E-state index in [-0.39, 0.29) is 5.76 Å². The van der Waals surface area contributed by atoms with Crippen LogP contribution in [-0.2, 0) is 6.54 Å². The van der Waals surface area contributed by atoms with Crippen LogP contribution < -0.4 is 11.3 Å². The minimum atomic E-state index is -0.400. The fraction of sp³-hybridized carbons (Fsp3) is 0.583. The molecular formula is C12H21N3O2. The first kappa shape index (κ1) is 13.7. The molecule has 1 amide bonds. The minimum Gasteiger partial charge on any atom is -0.455 e. The number of furan rings is 1. The number of hydrogen-bond acceptors (Lipinski definition) is 4. The molecule has 0 spiro atoms. The van der Waals surface area contributed by atoms with Crippen LogP contribution in [0.25, 0.3) is 0 Å². The van der Waals surface area contributed by atoms with Crippen molar-refractivity contribution in [2.24, 2.45) is 5.84 Å². The summed E-state index contributed by atoms with van der Waals surface area (Å²) in [6.45, 7) is 8.11. The second-order valence-corrected chi connectivity index (χ2v) is 4.06. The van der Waals surface area contributed by atoms with Crippen molar-refractivity contribution in [3.8, 4) is 0 Å². The predicted molar refractivity (Wildman–Crippen MR) is 66.2 cm³/mol. The molecule has 1 rings (SSSR count). The SMILES string of the molecule is CCC(C)N(CC)Cc1ccc(C(=O)NN)o1. The van der Waals surface area contributed by atoms with Gasteiger partial charge < -0.3 is 4.42 Å². The number of carbonyl (C=O) groups excluding carboxylic acids is 1. The number of rotatable bonds is 6. The summed E-state index contributed by atoms with van der Waals surface area (Å²) in [6.07, 6.45) is 1.09. The highest BCUT2D eigenvalue weighted by atomic mass is 16.4. The monoisotopic (exact) mass is 239 g/mol. The molecule has 0 aliphatic carbocycles. The Morgan fingerprint density at radius 2 is 2.24 bits per heavy atom. The van der Waals surface area contributed by atoms with Gasteiger partial charge in [0.05, 0.1) is 6.54 Å². The highest BCUT2D eigenvalue weighted by Gasteiger charge is 2.14. The third-order valence-electron chi connectivity index (χ3n) is 3.00. The number of nitrogens with zero attached hydrogens (tertiary/aromatic N) is 1. The topological polar surface area (TPSA) is 71.5 Å². The van der Waals surface area contributed by atoms with Gasteiger partial charge in [0, 0.05) is 6.04 Å². The number of carbonyl (C=O) groups is 1. The molecule has 1 heterocycles. The van der Waals surface area contributed by atoms with Crippen LogP contribution >= 0.6 is 0 Å². The summed E-state index contributed by atoms with van der Waals surface area (Å²) in [6, 6.07) is 3.95. The zero-order chi connectivity index (χ0) is 12.8. The summed E-state index contributed by atoms with van der Waals surface area (Å²) in [5, 5.41) is 0. The van der Waals surface area contributed by atoms with E-state index in [1.54, 1.807) is 6.07 Å². The molecule has 5 nitrogen and oxygen atoms in total. The summed E-state index contributed by atoms with van der Waals surface area (Å²) < 4.78 is 5.43. The maximum absolute atomic E-state index is 11.2. The average molecular weight is 239 g/mol. The fourth-order valence-electron chi connectivity index (χ4n) is 1.69. The molecule has 0 saturated carbocycles. The molecule has 0 aromatic carbocycles. The maximum atomic E-state index is 11.2. The van der Waals surface area contributed by atoms with Crippen molar-refractivity contribution in [1.29, 1.82) is 0 Å². The third-order valence-corrected chi connectivity index (χ3v) is 3.00. The molecule has 1 atom stereocenters. The highest BCUT2D eigenvalue weighted by Crippen LogP contribution is 2.13. The zero-order valence-electron chi connectivity index (χ0n) is 10.7. The van der Waals surface area contributed by atoms with Gasteiger partial charge in [-0.1, -0.05) is 13.8 Å². The molecule has 0 bridgehead atoms. The Bertz CT molecular complexity index is 362. The molecule has 0 aliphatic heterocycles. The van der Waals surface area contributed by atoms with Crippen molar-refractivity contribution >= 4 is 5.91 Å². The quantitative estimate of drug-likeness (QED) is 0.448. The smallest absolute Gasteiger partial charge is 0.300 e. The van der Waals surface area contributed by atoms with Gasteiger partial charge in [-0.25, -0.2) is 5.84 Å². The molecule has 96 valence electrons. The molecular weight excluding hydrogens is 218 g/mol. The summed E-state index contributed by atoms with van der Waals surface area (Å²) in [4.78, 5) is 13.5. The van der Waals surface area contributed by atoms with Gasteiger partial charge in [0.1, 0.15) is 5.76 Å². The summed E-state index contributed by atoms with van der Waals surface area (Å²) in [5.74, 6) is 5.68. The van der Waals surface area contributed by atoms with Crippen LogP contribution in [0.4, 0.5) is 0 Å². The molecule has 1 unspecified atom stereocenters. The summed E-state index contributed by atoms with van der Waals surface area (Å²) in [7, 11) is 0. The van der Waals surface area contributed by atoms with Gasteiger partial charge in [-0.3, -0.25) is 15.1 Å². The lowest BCUT2D eigenvalue weighted by molar-refractivity contribution is 0.0921. The van der Waals surface area contributed by atoms with E-state index in [1.807, 2.05) is 11.5 Å². The Hall–Kier alpha value is -1.33. The van der Waals surface area contributed by atoms with Crippen molar-refractivity contribution in [2.75, 3.05) is 6.54 Å². The predicted octanol–water partition coefficient (Wildman–Crippen LogP) is 1.50. The Labute approximate surface area is 102 Å². The molecule has 17 heavy (non-hydrogen) atoms. The van der Waals surface area contributed by atoms with E-state index in [0.29, 0.717) is 12.6 Å². The Balaban J connectivity index is 2.67. The second kappa shape index (κ2) is 6.42. The van der Waals surface area contributed by atoms with E-state index < -0.39 is 5.91 Å². The molecule has 0 saturated heterocycles. The number of hydrogen-bond donors (Lipinski definition) is 2. The second-order valence-electron chi connectivity index (χ2n) is 4.06. The van der Waals surface area contributed by atoms with Crippen molar-refractivity contribution in [1.82, 2.24) is 10.3 Å². The van der Waals surface area contributed by atoms with E-state index in [1.165, 1.54) is 0 Å². The third kappa shape index (κ3) is 3.57. The number of amides is 1. The first-order valence-electron chi connectivity index (χ1n) is 5.96. The Kier molecular flexibility index (Phi) is 5.18.